The summed E-state index contributed by atoms with van der Waals surface area (Å²) in [5.74, 6) is 0.935. The summed E-state index contributed by atoms with van der Waals surface area (Å²) in [6.07, 6.45) is 0. The molecule has 1 N–H and O–H groups in total. The second kappa shape index (κ2) is 8.72. The molecule has 0 fully saturated rings. The number of hydrogen-bond donors (Lipinski definition) is 1. The van der Waals surface area contributed by atoms with Gasteiger partial charge in [0.05, 0.1) is 7.11 Å². The first-order valence-electron chi connectivity index (χ1n) is 10.2. The third-order valence-electron chi connectivity index (χ3n) is 5.15. The Morgan fingerprint density at radius 3 is 2.39 bits per heavy atom. The minimum absolute atomic E-state index is 0.0874. The Hall–Kier alpha value is -4.23. The Kier molecular flexibility index (Phi) is 5.46. The highest BCUT2D eigenvalue weighted by atomic mass is 32.1. The zero-order chi connectivity index (χ0) is 22.8. The molecule has 0 saturated carbocycles. The second-order valence-electron chi connectivity index (χ2n) is 7.28. The van der Waals surface area contributed by atoms with Crippen LogP contribution in [0.15, 0.2) is 88.7 Å². The van der Waals surface area contributed by atoms with Crippen LogP contribution >= 0.6 is 11.3 Å². The molecule has 0 saturated heterocycles. The number of hydrogen-bond acceptors (Lipinski definition) is 6. The Balaban J connectivity index is 1.29. The first kappa shape index (κ1) is 20.7. The molecule has 0 bridgehead atoms. The van der Waals surface area contributed by atoms with Gasteiger partial charge in [0.25, 0.3) is 5.91 Å². The number of rotatable bonds is 6. The molecule has 5 rings (SSSR count). The summed E-state index contributed by atoms with van der Waals surface area (Å²) in [7, 11) is 1.61. The highest BCUT2D eigenvalue weighted by molar-refractivity contribution is 7.14. The van der Waals surface area contributed by atoms with Crippen LogP contribution in [0.3, 0.4) is 0 Å². The number of ketones is 1. The first-order valence-corrected chi connectivity index (χ1v) is 11.0. The van der Waals surface area contributed by atoms with Crippen LogP contribution in [0.2, 0.25) is 0 Å². The quantitative estimate of drug-likeness (QED) is 0.316. The number of amides is 1. The maximum atomic E-state index is 12.7. The van der Waals surface area contributed by atoms with Crippen LogP contribution in [0, 0.1) is 0 Å². The van der Waals surface area contributed by atoms with E-state index >= 15 is 0 Å². The number of fused-ring (bicyclic) bond motifs is 1. The van der Waals surface area contributed by atoms with Crippen molar-refractivity contribution in [3.63, 3.8) is 0 Å². The van der Waals surface area contributed by atoms with Gasteiger partial charge >= 0.3 is 0 Å². The van der Waals surface area contributed by atoms with Gasteiger partial charge < -0.3 is 9.15 Å². The van der Waals surface area contributed by atoms with Crippen LogP contribution in [-0.2, 0) is 0 Å². The predicted molar refractivity (Wildman–Crippen MR) is 128 cm³/mol. The molecule has 6 nitrogen and oxygen atoms in total. The van der Waals surface area contributed by atoms with Crippen molar-refractivity contribution in [3.8, 4) is 17.2 Å². The topological polar surface area (TPSA) is 81.4 Å². The molecular weight excluding hydrogens is 436 g/mol. The maximum absolute atomic E-state index is 12.7. The second-order valence-corrected chi connectivity index (χ2v) is 8.14. The molecule has 0 atom stereocenters. The van der Waals surface area contributed by atoms with Gasteiger partial charge in [0.1, 0.15) is 17.0 Å². The fraction of sp³-hybridized carbons (Fsp3) is 0.0385. The van der Waals surface area contributed by atoms with Crippen LogP contribution in [0.1, 0.15) is 26.3 Å². The van der Waals surface area contributed by atoms with E-state index in [0.717, 1.165) is 5.39 Å². The predicted octanol–water partition coefficient (Wildman–Crippen LogP) is 6.05. The van der Waals surface area contributed by atoms with E-state index in [-0.39, 0.29) is 11.7 Å². The summed E-state index contributed by atoms with van der Waals surface area (Å²) in [6, 6.07) is 23.1. The average molecular weight is 455 g/mol. The monoisotopic (exact) mass is 454 g/mol. The lowest BCUT2D eigenvalue weighted by Gasteiger charge is -2.04. The summed E-state index contributed by atoms with van der Waals surface area (Å²) < 4.78 is 11.1. The molecule has 162 valence electrons. The van der Waals surface area contributed by atoms with E-state index in [4.69, 9.17) is 9.15 Å². The highest BCUT2D eigenvalue weighted by Crippen LogP contribution is 2.32. The normalized spacial score (nSPS) is 10.8. The highest BCUT2D eigenvalue weighted by Gasteiger charge is 2.14. The van der Waals surface area contributed by atoms with E-state index in [1.54, 1.807) is 43.5 Å². The van der Waals surface area contributed by atoms with E-state index in [2.05, 4.69) is 10.3 Å². The third-order valence-corrected chi connectivity index (χ3v) is 5.91. The van der Waals surface area contributed by atoms with Crippen LogP contribution in [-0.4, -0.2) is 23.8 Å². The van der Waals surface area contributed by atoms with Gasteiger partial charge in [-0.1, -0.05) is 42.5 Å². The van der Waals surface area contributed by atoms with Gasteiger partial charge in [0.2, 0.25) is 0 Å². The van der Waals surface area contributed by atoms with Crippen molar-refractivity contribution in [2.24, 2.45) is 0 Å². The van der Waals surface area contributed by atoms with Gasteiger partial charge in [0.15, 0.2) is 16.7 Å². The van der Waals surface area contributed by atoms with E-state index in [0.29, 0.717) is 44.6 Å². The first-order chi connectivity index (χ1) is 16.1. The molecule has 0 spiro atoms. The number of ether oxygens (including phenoxy) is 1. The molecule has 0 aliphatic heterocycles. The minimum atomic E-state index is -0.302. The van der Waals surface area contributed by atoms with E-state index < -0.39 is 0 Å². The fourth-order valence-electron chi connectivity index (χ4n) is 3.41. The summed E-state index contributed by atoms with van der Waals surface area (Å²) in [4.78, 5) is 29.7. The fourth-order valence-corrected chi connectivity index (χ4v) is 4.10. The van der Waals surface area contributed by atoms with Gasteiger partial charge in [-0.25, -0.2) is 4.98 Å². The zero-order valence-electron chi connectivity index (χ0n) is 17.6. The Bertz CT molecular complexity index is 1450. The van der Waals surface area contributed by atoms with Crippen molar-refractivity contribution in [1.82, 2.24) is 4.98 Å². The smallest absolute Gasteiger partial charge is 0.257 e. The van der Waals surface area contributed by atoms with Gasteiger partial charge in [-0.3, -0.25) is 14.9 Å². The van der Waals surface area contributed by atoms with Crippen molar-refractivity contribution in [2.45, 2.75) is 0 Å². The number of benzene rings is 3. The number of furan rings is 1. The molecular formula is C26H18N2O4S. The summed E-state index contributed by atoms with van der Waals surface area (Å²) >= 11 is 1.31. The van der Waals surface area contributed by atoms with Crippen molar-refractivity contribution in [1.29, 1.82) is 0 Å². The number of nitrogens with one attached hydrogen (secondary N) is 1. The average Bonchev–Trinajstić information content (AvgIpc) is 3.50. The van der Waals surface area contributed by atoms with Crippen LogP contribution < -0.4 is 10.1 Å². The Labute approximate surface area is 193 Å². The largest absolute Gasteiger partial charge is 0.497 e. The standard InChI is InChI=1S/C26H18N2O4S/c1-31-20-12-11-19-13-23(32-22(19)14-20)21-15-33-26(27-21)28-25(30)18-9-7-17(8-10-18)24(29)16-5-3-2-4-6-16/h2-15H,1H3,(H,27,28,30). The van der Waals surface area contributed by atoms with Gasteiger partial charge in [-0.2, -0.15) is 0 Å². The van der Waals surface area contributed by atoms with Gasteiger partial charge in [0, 0.05) is 33.5 Å². The number of carbonyl (C=O) groups is 2. The lowest BCUT2D eigenvalue weighted by atomic mass is 10.0. The number of carbonyl (C=O) groups excluding carboxylic acids is 2. The molecule has 0 radical (unpaired) electrons. The van der Waals surface area contributed by atoms with Gasteiger partial charge in [-0.05, 0) is 30.3 Å². The molecule has 0 unspecified atom stereocenters. The van der Waals surface area contributed by atoms with E-state index in [9.17, 15) is 9.59 Å². The molecule has 0 aliphatic carbocycles. The molecule has 3 aromatic carbocycles. The lowest BCUT2D eigenvalue weighted by molar-refractivity contribution is 0.102. The molecule has 7 heteroatoms. The van der Waals surface area contributed by atoms with Crippen LogP contribution in [0.5, 0.6) is 5.75 Å². The lowest BCUT2D eigenvalue weighted by Crippen LogP contribution is -2.12. The van der Waals surface area contributed by atoms with Crippen LogP contribution in [0.4, 0.5) is 5.13 Å². The molecule has 2 aromatic heterocycles. The van der Waals surface area contributed by atoms with Crippen molar-refractivity contribution in [2.75, 3.05) is 12.4 Å². The van der Waals surface area contributed by atoms with Crippen molar-refractivity contribution >= 4 is 39.1 Å². The Morgan fingerprint density at radius 2 is 1.64 bits per heavy atom. The zero-order valence-corrected chi connectivity index (χ0v) is 18.4. The van der Waals surface area contributed by atoms with Crippen LogP contribution in [0.25, 0.3) is 22.4 Å². The number of thiazole rings is 1. The molecule has 5 aromatic rings. The molecule has 0 aliphatic rings. The number of nitrogens with zero attached hydrogens (tertiary/aromatic N) is 1. The molecule has 1 amide bonds. The van der Waals surface area contributed by atoms with Crippen molar-refractivity contribution in [3.05, 3.63) is 101 Å². The number of aromatic nitrogens is 1. The molecule has 33 heavy (non-hydrogen) atoms. The van der Waals surface area contributed by atoms with E-state index in [1.165, 1.54) is 11.3 Å². The maximum Gasteiger partial charge on any atom is 0.257 e. The van der Waals surface area contributed by atoms with Crippen molar-refractivity contribution < 1.29 is 18.7 Å². The number of anilines is 1. The SMILES string of the molecule is COc1ccc2cc(-c3csc(NC(=O)c4ccc(C(=O)c5ccccc5)cc4)n3)oc2c1. The van der Waals surface area contributed by atoms with Gasteiger partial charge in [-0.15, -0.1) is 11.3 Å². The number of methoxy groups -OCH3 is 1. The molecule has 2 heterocycles. The minimum Gasteiger partial charge on any atom is -0.497 e. The summed E-state index contributed by atoms with van der Waals surface area (Å²) in [6.45, 7) is 0. The van der Waals surface area contributed by atoms with E-state index in [1.807, 2.05) is 47.8 Å². The summed E-state index contributed by atoms with van der Waals surface area (Å²) in [5.41, 5.74) is 2.90. The summed E-state index contributed by atoms with van der Waals surface area (Å²) in [5, 5.41) is 6.02. The Morgan fingerprint density at radius 1 is 0.909 bits per heavy atom. The third kappa shape index (κ3) is 4.26.